The summed E-state index contributed by atoms with van der Waals surface area (Å²) in [4.78, 5) is 7.20. The maximum absolute atomic E-state index is 8.89. The highest BCUT2D eigenvalue weighted by atomic mass is 32.1. The second-order valence-electron chi connectivity index (χ2n) is 5.62. The number of nitriles is 1. The van der Waals surface area contributed by atoms with Gasteiger partial charge < -0.3 is 4.90 Å². The third kappa shape index (κ3) is 2.84. The highest BCUT2D eigenvalue weighted by Gasteiger charge is 2.23. The zero-order valence-corrected chi connectivity index (χ0v) is 12.6. The first-order valence-corrected chi connectivity index (χ1v) is 8.05. The molecule has 2 aromatic rings. The lowest BCUT2D eigenvalue weighted by atomic mass is 9.97. The minimum atomic E-state index is 0.133. The molecule has 3 rings (SSSR count). The Labute approximate surface area is 123 Å². The van der Waals surface area contributed by atoms with E-state index >= 15 is 0 Å². The molecule has 0 aliphatic carbocycles. The van der Waals surface area contributed by atoms with Crippen molar-refractivity contribution >= 4 is 21.6 Å². The van der Waals surface area contributed by atoms with Gasteiger partial charge in [-0.25, -0.2) is 4.98 Å². The summed E-state index contributed by atoms with van der Waals surface area (Å²) < 4.78 is 1.29. The van der Waals surface area contributed by atoms with Gasteiger partial charge in [0, 0.05) is 12.5 Å². The number of piperidine rings is 1. The highest BCUT2D eigenvalue weighted by molar-refractivity contribution is 7.18. The Kier molecular flexibility index (Phi) is 4.00. The number of fused-ring (bicyclic) bond motifs is 1. The van der Waals surface area contributed by atoms with Gasteiger partial charge in [0.25, 0.3) is 0 Å². The highest BCUT2D eigenvalue weighted by Crippen LogP contribution is 2.33. The summed E-state index contributed by atoms with van der Waals surface area (Å²) in [6, 6.07) is 10.7. The molecule has 1 aliphatic heterocycles. The summed E-state index contributed by atoms with van der Waals surface area (Å²) in [6.45, 7) is 5.09. The number of hydrogen-bond acceptors (Lipinski definition) is 4. The van der Waals surface area contributed by atoms with E-state index in [1.165, 1.54) is 9.71 Å². The number of nitrogens with zero attached hydrogens (tertiary/aromatic N) is 3. The van der Waals surface area contributed by atoms with E-state index in [9.17, 15) is 0 Å². The van der Waals surface area contributed by atoms with Crippen LogP contribution in [0, 0.1) is 17.2 Å². The molecular weight excluding hydrogens is 266 g/mol. The van der Waals surface area contributed by atoms with Crippen molar-refractivity contribution in [3.05, 3.63) is 29.3 Å². The van der Waals surface area contributed by atoms with Gasteiger partial charge in [0.15, 0.2) is 0 Å². The zero-order valence-electron chi connectivity index (χ0n) is 11.7. The first-order chi connectivity index (χ1) is 9.76. The van der Waals surface area contributed by atoms with Gasteiger partial charge in [-0.15, -0.1) is 11.3 Å². The van der Waals surface area contributed by atoms with Gasteiger partial charge in [0.05, 0.1) is 27.2 Å². The quantitative estimate of drug-likeness (QED) is 0.864. The van der Waals surface area contributed by atoms with Crippen molar-refractivity contribution in [2.24, 2.45) is 5.92 Å². The number of hydrogen-bond donors (Lipinski definition) is 0. The Morgan fingerprint density at radius 1 is 1.40 bits per heavy atom. The molecule has 20 heavy (non-hydrogen) atoms. The second kappa shape index (κ2) is 5.90. The predicted octanol–water partition coefficient (Wildman–Crippen LogP) is 3.64. The SMILES string of the molecule is C[C@H](C#N)CN1CCC(c2nc3ccccc3s2)CC1. The van der Waals surface area contributed by atoms with Crippen LogP contribution in [0.1, 0.15) is 30.7 Å². The van der Waals surface area contributed by atoms with Crippen LogP contribution in [0.4, 0.5) is 0 Å². The topological polar surface area (TPSA) is 39.9 Å². The first kappa shape index (κ1) is 13.5. The van der Waals surface area contributed by atoms with Crippen molar-refractivity contribution in [1.29, 1.82) is 5.26 Å². The minimum Gasteiger partial charge on any atom is -0.302 e. The summed E-state index contributed by atoms with van der Waals surface area (Å²) >= 11 is 1.84. The molecule has 0 amide bonds. The number of thiazole rings is 1. The fourth-order valence-electron chi connectivity index (χ4n) is 2.86. The van der Waals surface area contributed by atoms with Crippen molar-refractivity contribution in [1.82, 2.24) is 9.88 Å². The second-order valence-corrected chi connectivity index (χ2v) is 6.69. The average Bonchev–Trinajstić information content (AvgIpc) is 2.91. The number of likely N-dealkylation sites (tertiary alicyclic amines) is 1. The molecule has 104 valence electrons. The lowest BCUT2D eigenvalue weighted by Crippen LogP contribution is -2.35. The smallest absolute Gasteiger partial charge is 0.0970 e. The lowest BCUT2D eigenvalue weighted by molar-refractivity contribution is 0.199. The Morgan fingerprint density at radius 2 is 2.15 bits per heavy atom. The van der Waals surface area contributed by atoms with Crippen molar-refractivity contribution in [3.8, 4) is 6.07 Å². The average molecular weight is 285 g/mol. The largest absolute Gasteiger partial charge is 0.302 e. The van der Waals surface area contributed by atoms with Gasteiger partial charge in [-0.3, -0.25) is 0 Å². The van der Waals surface area contributed by atoms with E-state index in [4.69, 9.17) is 10.2 Å². The van der Waals surface area contributed by atoms with E-state index in [0.29, 0.717) is 5.92 Å². The fraction of sp³-hybridized carbons (Fsp3) is 0.500. The molecule has 0 bridgehead atoms. The summed E-state index contributed by atoms with van der Waals surface area (Å²) in [6.07, 6.45) is 2.33. The van der Waals surface area contributed by atoms with Crippen LogP contribution < -0.4 is 0 Å². The van der Waals surface area contributed by atoms with Gasteiger partial charge in [-0.1, -0.05) is 12.1 Å². The Bertz CT molecular complexity index is 587. The molecular formula is C16H19N3S. The maximum Gasteiger partial charge on any atom is 0.0970 e. The predicted molar refractivity (Wildman–Crippen MR) is 82.8 cm³/mol. The van der Waals surface area contributed by atoms with Crippen molar-refractivity contribution < 1.29 is 0 Å². The van der Waals surface area contributed by atoms with Crippen molar-refractivity contribution in [2.45, 2.75) is 25.7 Å². The monoisotopic (exact) mass is 285 g/mol. The van der Waals surface area contributed by atoms with Crippen molar-refractivity contribution in [2.75, 3.05) is 19.6 Å². The number of rotatable bonds is 3. The minimum absolute atomic E-state index is 0.133. The van der Waals surface area contributed by atoms with E-state index in [2.05, 4.69) is 35.2 Å². The Morgan fingerprint density at radius 3 is 2.85 bits per heavy atom. The normalized spacial score (nSPS) is 19.0. The third-order valence-corrected chi connectivity index (χ3v) is 5.20. The Hall–Kier alpha value is -1.44. The molecule has 0 radical (unpaired) electrons. The molecule has 1 aromatic heterocycles. The van der Waals surface area contributed by atoms with E-state index in [1.807, 2.05) is 18.3 Å². The molecule has 1 saturated heterocycles. The van der Waals surface area contributed by atoms with E-state index < -0.39 is 0 Å². The van der Waals surface area contributed by atoms with Crippen molar-refractivity contribution in [3.63, 3.8) is 0 Å². The molecule has 1 aliphatic rings. The van der Waals surface area contributed by atoms with Crippen LogP contribution in [0.5, 0.6) is 0 Å². The molecule has 3 nitrogen and oxygen atoms in total. The molecule has 4 heteroatoms. The summed E-state index contributed by atoms with van der Waals surface area (Å²) in [5.74, 6) is 0.732. The van der Waals surface area contributed by atoms with Gasteiger partial charge >= 0.3 is 0 Å². The first-order valence-electron chi connectivity index (χ1n) is 7.23. The maximum atomic E-state index is 8.89. The van der Waals surface area contributed by atoms with Crippen LogP contribution in [0.2, 0.25) is 0 Å². The molecule has 1 aromatic carbocycles. The van der Waals surface area contributed by atoms with Crippen LogP contribution in [0.25, 0.3) is 10.2 Å². The van der Waals surface area contributed by atoms with Gasteiger partial charge in [-0.05, 0) is 45.0 Å². The fourth-order valence-corrected chi connectivity index (χ4v) is 3.99. The molecule has 0 N–H and O–H groups in total. The molecule has 0 spiro atoms. The molecule has 0 unspecified atom stereocenters. The van der Waals surface area contributed by atoms with E-state index in [-0.39, 0.29) is 5.92 Å². The summed E-state index contributed by atoms with van der Waals surface area (Å²) in [5.41, 5.74) is 1.13. The summed E-state index contributed by atoms with van der Waals surface area (Å²) in [5, 5.41) is 10.2. The molecule has 1 fully saturated rings. The number of aromatic nitrogens is 1. The van der Waals surface area contributed by atoms with Crippen LogP contribution >= 0.6 is 11.3 Å². The zero-order chi connectivity index (χ0) is 13.9. The van der Waals surface area contributed by atoms with Gasteiger partial charge in [-0.2, -0.15) is 5.26 Å². The van der Waals surface area contributed by atoms with Gasteiger partial charge in [0.2, 0.25) is 0 Å². The van der Waals surface area contributed by atoms with Crippen LogP contribution in [-0.2, 0) is 0 Å². The summed E-state index contributed by atoms with van der Waals surface area (Å²) in [7, 11) is 0. The van der Waals surface area contributed by atoms with Crippen LogP contribution in [0.15, 0.2) is 24.3 Å². The number of para-hydroxylation sites is 1. The van der Waals surface area contributed by atoms with Crippen LogP contribution in [0.3, 0.4) is 0 Å². The number of benzene rings is 1. The third-order valence-electron chi connectivity index (χ3n) is 4.00. The van der Waals surface area contributed by atoms with Gasteiger partial charge in [0.1, 0.15) is 0 Å². The molecule has 1 atom stereocenters. The molecule has 0 saturated carbocycles. The van der Waals surface area contributed by atoms with E-state index in [0.717, 1.165) is 38.0 Å². The molecule has 2 heterocycles. The van der Waals surface area contributed by atoms with Crippen LogP contribution in [-0.4, -0.2) is 29.5 Å². The standard InChI is InChI=1S/C16H19N3S/c1-12(10-17)11-19-8-6-13(7-9-19)16-18-14-4-2-3-5-15(14)20-16/h2-5,12-13H,6-9,11H2,1H3/t12-/m1/s1. The Balaban J connectivity index is 1.64. The lowest BCUT2D eigenvalue weighted by Gasteiger charge is -2.31. The van der Waals surface area contributed by atoms with E-state index in [1.54, 1.807) is 0 Å².